The van der Waals surface area contributed by atoms with Gasteiger partial charge < -0.3 is 0 Å². The van der Waals surface area contributed by atoms with Gasteiger partial charge in [-0.15, -0.1) is 0 Å². The average molecular weight is 250 g/mol. The van der Waals surface area contributed by atoms with Gasteiger partial charge >= 0.3 is 0 Å². The Morgan fingerprint density at radius 3 is 2.88 bits per heavy atom. The van der Waals surface area contributed by atoms with Gasteiger partial charge in [-0.2, -0.15) is 5.10 Å². The molecule has 5 heteroatoms. The average Bonchev–Trinajstić information content (AvgIpc) is 2.68. The lowest BCUT2D eigenvalue weighted by molar-refractivity contribution is 0.0989. The molecule has 0 amide bonds. The number of aryl methyl sites for hydroxylation is 2. The quantitative estimate of drug-likeness (QED) is 0.784. The highest BCUT2D eigenvalue weighted by molar-refractivity contribution is 6.31. The molecule has 2 rings (SSSR count). The van der Waals surface area contributed by atoms with E-state index in [1.165, 1.54) is 6.33 Å². The SMILES string of the molecule is Cc1ccc(Cl)cc1C(=O)Cc1ncnn1C. The lowest BCUT2D eigenvalue weighted by Crippen LogP contribution is -2.10. The van der Waals surface area contributed by atoms with E-state index in [0.29, 0.717) is 16.4 Å². The zero-order valence-electron chi connectivity index (χ0n) is 9.64. The van der Waals surface area contributed by atoms with Gasteiger partial charge in [-0.1, -0.05) is 17.7 Å². The van der Waals surface area contributed by atoms with Crippen LogP contribution in [-0.4, -0.2) is 20.5 Å². The topological polar surface area (TPSA) is 47.8 Å². The number of ketones is 1. The summed E-state index contributed by atoms with van der Waals surface area (Å²) in [6.07, 6.45) is 1.67. The molecule has 0 N–H and O–H groups in total. The first kappa shape index (κ1) is 11.8. The third-order valence-corrected chi connectivity index (χ3v) is 2.86. The highest BCUT2D eigenvalue weighted by Gasteiger charge is 2.13. The first-order valence-corrected chi connectivity index (χ1v) is 5.58. The minimum atomic E-state index is 0.00102. The molecule has 0 aliphatic carbocycles. The molecule has 0 radical (unpaired) electrons. The molecule has 0 atom stereocenters. The smallest absolute Gasteiger partial charge is 0.170 e. The van der Waals surface area contributed by atoms with Crippen LogP contribution in [0.4, 0.5) is 0 Å². The van der Waals surface area contributed by atoms with Crippen LogP contribution in [-0.2, 0) is 13.5 Å². The van der Waals surface area contributed by atoms with Gasteiger partial charge in [0.05, 0.1) is 6.42 Å². The van der Waals surface area contributed by atoms with Crippen LogP contribution < -0.4 is 0 Å². The molecule has 2 aromatic rings. The number of aromatic nitrogens is 3. The van der Waals surface area contributed by atoms with E-state index in [1.54, 1.807) is 23.9 Å². The van der Waals surface area contributed by atoms with Gasteiger partial charge in [0.15, 0.2) is 5.78 Å². The minimum Gasteiger partial charge on any atom is -0.294 e. The lowest BCUT2D eigenvalue weighted by Gasteiger charge is -2.05. The summed E-state index contributed by atoms with van der Waals surface area (Å²) < 4.78 is 1.60. The maximum absolute atomic E-state index is 12.1. The monoisotopic (exact) mass is 249 g/mol. The van der Waals surface area contributed by atoms with Gasteiger partial charge in [-0.05, 0) is 24.6 Å². The van der Waals surface area contributed by atoms with E-state index < -0.39 is 0 Å². The zero-order chi connectivity index (χ0) is 12.4. The van der Waals surface area contributed by atoms with Crippen molar-refractivity contribution in [1.82, 2.24) is 14.8 Å². The van der Waals surface area contributed by atoms with Crippen LogP contribution in [0.15, 0.2) is 24.5 Å². The summed E-state index contributed by atoms with van der Waals surface area (Å²) in [5, 5.41) is 4.50. The predicted octanol–water partition coefficient (Wildman–Crippen LogP) is 2.20. The van der Waals surface area contributed by atoms with Crippen LogP contribution in [0.2, 0.25) is 5.02 Å². The number of benzene rings is 1. The summed E-state index contributed by atoms with van der Waals surface area (Å²) in [5.41, 5.74) is 1.56. The van der Waals surface area contributed by atoms with Gasteiger partial charge in [0.2, 0.25) is 0 Å². The van der Waals surface area contributed by atoms with Crippen LogP contribution in [0.5, 0.6) is 0 Å². The molecule has 0 spiro atoms. The summed E-state index contributed by atoms with van der Waals surface area (Å²) in [6, 6.07) is 5.30. The van der Waals surface area contributed by atoms with Gasteiger partial charge in [-0.25, -0.2) is 4.98 Å². The van der Waals surface area contributed by atoms with E-state index in [9.17, 15) is 4.79 Å². The Kier molecular flexibility index (Phi) is 3.24. The third kappa shape index (κ3) is 2.53. The number of carbonyl (C=O) groups excluding carboxylic acids is 1. The third-order valence-electron chi connectivity index (χ3n) is 2.62. The fourth-order valence-electron chi connectivity index (χ4n) is 1.61. The highest BCUT2D eigenvalue weighted by Crippen LogP contribution is 2.17. The zero-order valence-corrected chi connectivity index (χ0v) is 10.4. The van der Waals surface area contributed by atoms with Gasteiger partial charge in [0.25, 0.3) is 0 Å². The van der Waals surface area contributed by atoms with Crippen molar-refractivity contribution in [3.05, 3.63) is 46.5 Å². The molecule has 0 aliphatic rings. The lowest BCUT2D eigenvalue weighted by atomic mass is 10.0. The number of nitrogens with zero attached hydrogens (tertiary/aromatic N) is 3. The number of Topliss-reactive ketones (excluding diaryl/α,β-unsaturated/α-hetero) is 1. The first-order chi connectivity index (χ1) is 8.08. The Balaban J connectivity index is 2.26. The molecule has 17 heavy (non-hydrogen) atoms. The molecule has 1 aromatic heterocycles. The van der Waals surface area contributed by atoms with Crippen molar-refractivity contribution in [1.29, 1.82) is 0 Å². The normalized spacial score (nSPS) is 10.5. The van der Waals surface area contributed by atoms with Crippen molar-refractivity contribution in [2.24, 2.45) is 7.05 Å². The maximum atomic E-state index is 12.1. The molecule has 1 heterocycles. The number of hydrogen-bond donors (Lipinski definition) is 0. The van der Waals surface area contributed by atoms with Crippen molar-refractivity contribution in [3.8, 4) is 0 Å². The second kappa shape index (κ2) is 4.67. The van der Waals surface area contributed by atoms with Crippen molar-refractivity contribution in [3.63, 3.8) is 0 Å². The summed E-state index contributed by atoms with van der Waals surface area (Å²) in [7, 11) is 1.76. The van der Waals surface area contributed by atoms with E-state index in [4.69, 9.17) is 11.6 Å². The van der Waals surface area contributed by atoms with Crippen LogP contribution in [0.25, 0.3) is 0 Å². The summed E-state index contributed by atoms with van der Waals surface area (Å²) in [6.45, 7) is 1.89. The number of hydrogen-bond acceptors (Lipinski definition) is 3. The predicted molar refractivity (Wildman–Crippen MR) is 65.2 cm³/mol. The second-order valence-corrected chi connectivity index (χ2v) is 4.30. The van der Waals surface area contributed by atoms with Crippen molar-refractivity contribution < 1.29 is 4.79 Å². The summed E-state index contributed by atoms with van der Waals surface area (Å²) >= 11 is 5.89. The Morgan fingerprint density at radius 1 is 1.47 bits per heavy atom. The van der Waals surface area contributed by atoms with Crippen LogP contribution in [0.3, 0.4) is 0 Å². The molecule has 0 bridgehead atoms. The van der Waals surface area contributed by atoms with Crippen molar-refractivity contribution in [2.45, 2.75) is 13.3 Å². The Morgan fingerprint density at radius 2 is 2.24 bits per heavy atom. The largest absolute Gasteiger partial charge is 0.294 e. The molecule has 0 fully saturated rings. The van der Waals surface area contributed by atoms with Gasteiger partial charge in [-0.3, -0.25) is 9.48 Å². The standard InChI is InChI=1S/C12H12ClN3O/c1-8-3-4-9(13)5-10(8)11(17)6-12-14-7-15-16(12)2/h3-5,7H,6H2,1-2H3. The second-order valence-electron chi connectivity index (χ2n) is 3.86. The van der Waals surface area contributed by atoms with E-state index >= 15 is 0 Å². The van der Waals surface area contributed by atoms with Crippen LogP contribution >= 0.6 is 11.6 Å². The molecule has 0 unspecified atom stereocenters. The fraction of sp³-hybridized carbons (Fsp3) is 0.250. The maximum Gasteiger partial charge on any atom is 0.170 e. The molecule has 1 aromatic carbocycles. The minimum absolute atomic E-state index is 0.00102. The fourth-order valence-corrected chi connectivity index (χ4v) is 1.79. The summed E-state index contributed by atoms with van der Waals surface area (Å²) in [4.78, 5) is 16.1. The van der Waals surface area contributed by atoms with E-state index in [2.05, 4.69) is 10.1 Å². The van der Waals surface area contributed by atoms with Gasteiger partial charge in [0.1, 0.15) is 12.2 Å². The van der Waals surface area contributed by atoms with E-state index in [0.717, 1.165) is 5.56 Å². The van der Waals surface area contributed by atoms with Crippen LogP contribution in [0, 0.1) is 6.92 Å². The Hall–Kier alpha value is -1.68. The molecule has 88 valence electrons. The number of carbonyl (C=O) groups is 1. The Bertz CT molecular complexity index is 563. The first-order valence-electron chi connectivity index (χ1n) is 5.20. The molecule has 0 saturated heterocycles. The van der Waals surface area contributed by atoms with Crippen LogP contribution in [0.1, 0.15) is 21.7 Å². The molecule has 0 aliphatic heterocycles. The van der Waals surface area contributed by atoms with Crippen molar-refractivity contribution in [2.75, 3.05) is 0 Å². The number of halogens is 1. The molecule has 4 nitrogen and oxygen atoms in total. The summed E-state index contributed by atoms with van der Waals surface area (Å²) in [5.74, 6) is 0.649. The van der Waals surface area contributed by atoms with E-state index in [-0.39, 0.29) is 12.2 Å². The molecule has 0 saturated carbocycles. The Labute approximate surface area is 104 Å². The highest BCUT2D eigenvalue weighted by atomic mass is 35.5. The van der Waals surface area contributed by atoms with Crippen molar-refractivity contribution >= 4 is 17.4 Å². The molecular formula is C12H12ClN3O. The van der Waals surface area contributed by atoms with E-state index in [1.807, 2.05) is 13.0 Å². The van der Waals surface area contributed by atoms with Gasteiger partial charge in [0, 0.05) is 17.6 Å². The number of rotatable bonds is 3. The molecular weight excluding hydrogens is 238 g/mol.